The fourth-order valence-corrected chi connectivity index (χ4v) is 2.43. The molecular weight excluding hydrogens is 308 g/mol. The van der Waals surface area contributed by atoms with Crippen molar-refractivity contribution in [1.29, 1.82) is 0 Å². The summed E-state index contributed by atoms with van der Waals surface area (Å²) >= 11 is 0. The highest BCUT2D eigenvalue weighted by molar-refractivity contribution is 5.85. The quantitative estimate of drug-likeness (QED) is 0.916. The average molecular weight is 327 g/mol. The van der Waals surface area contributed by atoms with E-state index in [4.69, 9.17) is 8.94 Å². The number of carbonyl (C=O) groups excluding carboxylic acids is 1. The van der Waals surface area contributed by atoms with Crippen molar-refractivity contribution in [2.45, 2.75) is 25.8 Å². The van der Waals surface area contributed by atoms with E-state index < -0.39 is 0 Å². The van der Waals surface area contributed by atoms with Crippen LogP contribution in [-0.4, -0.2) is 46.6 Å². The van der Waals surface area contributed by atoms with Crippen molar-refractivity contribution in [2.75, 3.05) is 19.6 Å². The highest BCUT2D eigenvalue weighted by atomic mass is 35.5. The van der Waals surface area contributed by atoms with E-state index in [9.17, 15) is 4.79 Å². The van der Waals surface area contributed by atoms with Gasteiger partial charge in [0.2, 0.25) is 17.6 Å². The van der Waals surface area contributed by atoms with Crippen LogP contribution < -0.4 is 5.32 Å². The number of aryl methyl sites for hydroxylation is 1. The molecule has 2 aromatic heterocycles. The number of nitrogens with one attached hydrogen (secondary N) is 1. The molecule has 1 N–H and O–H groups in total. The number of hydrogen-bond donors (Lipinski definition) is 1. The summed E-state index contributed by atoms with van der Waals surface area (Å²) in [6.07, 6.45) is 2.38. The number of furan rings is 1. The summed E-state index contributed by atoms with van der Waals surface area (Å²) in [6.45, 7) is 4.49. The molecule has 0 radical (unpaired) electrons. The monoisotopic (exact) mass is 326 g/mol. The average Bonchev–Trinajstić information content (AvgIpc) is 3.16. The Balaban J connectivity index is 0.00000176. The second-order valence-corrected chi connectivity index (χ2v) is 5.13. The fraction of sp³-hybridized carbons (Fsp3) is 0.500. The highest BCUT2D eigenvalue weighted by Gasteiger charge is 2.23. The van der Waals surface area contributed by atoms with Gasteiger partial charge in [-0.2, -0.15) is 4.98 Å². The third kappa shape index (κ3) is 3.66. The van der Waals surface area contributed by atoms with Crippen LogP contribution in [0, 0.1) is 0 Å². The first-order chi connectivity index (χ1) is 10.2. The Morgan fingerprint density at radius 2 is 2.41 bits per heavy atom. The topological polar surface area (TPSA) is 84.4 Å². The van der Waals surface area contributed by atoms with Crippen LogP contribution in [-0.2, 0) is 11.2 Å². The van der Waals surface area contributed by atoms with Crippen molar-refractivity contribution in [3.05, 3.63) is 24.3 Å². The summed E-state index contributed by atoms with van der Waals surface area (Å²) in [5, 5.41) is 7.12. The maximum Gasteiger partial charge on any atom is 0.238 e. The Bertz CT molecular complexity index is 599. The van der Waals surface area contributed by atoms with E-state index in [2.05, 4.69) is 15.5 Å². The Labute approximate surface area is 134 Å². The third-order valence-corrected chi connectivity index (χ3v) is 3.58. The van der Waals surface area contributed by atoms with E-state index in [1.807, 2.05) is 11.8 Å². The Morgan fingerprint density at radius 1 is 1.55 bits per heavy atom. The van der Waals surface area contributed by atoms with Crippen molar-refractivity contribution in [3.8, 4) is 11.6 Å². The molecule has 1 atom stereocenters. The smallest absolute Gasteiger partial charge is 0.238 e. The zero-order valence-electron chi connectivity index (χ0n) is 12.3. The third-order valence-electron chi connectivity index (χ3n) is 3.58. The molecule has 1 aliphatic heterocycles. The molecule has 7 nitrogen and oxygen atoms in total. The van der Waals surface area contributed by atoms with Crippen molar-refractivity contribution >= 4 is 18.3 Å². The Hall–Kier alpha value is -1.86. The molecule has 0 aliphatic carbocycles. The molecule has 3 rings (SSSR count). The number of hydrogen-bond acceptors (Lipinski definition) is 6. The lowest BCUT2D eigenvalue weighted by Crippen LogP contribution is -2.52. The van der Waals surface area contributed by atoms with Gasteiger partial charge >= 0.3 is 0 Å². The van der Waals surface area contributed by atoms with E-state index in [-0.39, 0.29) is 24.4 Å². The number of amides is 1. The number of carbonyl (C=O) groups is 1. The van der Waals surface area contributed by atoms with Crippen LogP contribution in [0.15, 0.2) is 27.3 Å². The molecule has 3 heterocycles. The Morgan fingerprint density at radius 3 is 3.14 bits per heavy atom. The van der Waals surface area contributed by atoms with Crippen LogP contribution >= 0.6 is 12.4 Å². The van der Waals surface area contributed by atoms with Gasteiger partial charge in [-0.1, -0.05) is 5.16 Å². The van der Waals surface area contributed by atoms with Gasteiger partial charge < -0.3 is 19.2 Å². The van der Waals surface area contributed by atoms with Gasteiger partial charge in [0.1, 0.15) is 0 Å². The highest BCUT2D eigenvalue weighted by Crippen LogP contribution is 2.16. The summed E-state index contributed by atoms with van der Waals surface area (Å²) < 4.78 is 10.3. The summed E-state index contributed by atoms with van der Waals surface area (Å²) in [5.74, 6) is 1.56. The number of halogens is 1. The zero-order chi connectivity index (χ0) is 14.7. The van der Waals surface area contributed by atoms with Gasteiger partial charge in [-0.3, -0.25) is 4.79 Å². The Kier molecular flexibility index (Phi) is 5.57. The minimum atomic E-state index is 0. The SMILES string of the molecule is C[C@H]1CNCCN1C(=O)CCc1nc(-c2ccco2)no1.Cl. The lowest BCUT2D eigenvalue weighted by molar-refractivity contribution is -0.134. The minimum Gasteiger partial charge on any atom is -0.461 e. The molecular formula is C14H19ClN4O3. The molecule has 1 aliphatic rings. The molecule has 0 bridgehead atoms. The van der Waals surface area contributed by atoms with Gasteiger partial charge in [0.15, 0.2) is 5.76 Å². The summed E-state index contributed by atoms with van der Waals surface area (Å²) in [4.78, 5) is 18.3. The molecule has 8 heteroatoms. The maximum atomic E-state index is 12.2. The zero-order valence-corrected chi connectivity index (χ0v) is 13.1. The van der Waals surface area contributed by atoms with Crippen molar-refractivity contribution < 1.29 is 13.7 Å². The molecule has 120 valence electrons. The van der Waals surface area contributed by atoms with Crippen LogP contribution in [0.1, 0.15) is 19.2 Å². The van der Waals surface area contributed by atoms with E-state index >= 15 is 0 Å². The number of rotatable bonds is 4. The summed E-state index contributed by atoms with van der Waals surface area (Å²) in [5.41, 5.74) is 0. The van der Waals surface area contributed by atoms with Crippen molar-refractivity contribution in [2.24, 2.45) is 0 Å². The molecule has 1 fully saturated rings. The van der Waals surface area contributed by atoms with Crippen LogP contribution in [0.3, 0.4) is 0 Å². The van der Waals surface area contributed by atoms with E-state index in [0.717, 1.165) is 19.6 Å². The van der Waals surface area contributed by atoms with Crippen molar-refractivity contribution in [3.63, 3.8) is 0 Å². The molecule has 0 unspecified atom stereocenters. The predicted molar refractivity (Wildman–Crippen MR) is 81.6 cm³/mol. The van der Waals surface area contributed by atoms with Gasteiger partial charge in [0.25, 0.3) is 0 Å². The molecule has 0 saturated carbocycles. The molecule has 0 spiro atoms. The molecule has 0 aromatic carbocycles. The van der Waals surface area contributed by atoms with Crippen LogP contribution in [0.25, 0.3) is 11.6 Å². The van der Waals surface area contributed by atoms with Crippen LogP contribution in [0.5, 0.6) is 0 Å². The molecule has 2 aromatic rings. The van der Waals surface area contributed by atoms with Gasteiger partial charge in [0, 0.05) is 38.5 Å². The normalized spacial score (nSPS) is 18.0. The van der Waals surface area contributed by atoms with E-state index in [1.54, 1.807) is 18.4 Å². The van der Waals surface area contributed by atoms with Gasteiger partial charge in [-0.25, -0.2) is 0 Å². The lowest BCUT2D eigenvalue weighted by Gasteiger charge is -2.34. The summed E-state index contributed by atoms with van der Waals surface area (Å²) in [7, 11) is 0. The standard InChI is InChI=1S/C14H18N4O3.ClH/c1-10-9-15-6-7-18(10)13(19)5-4-12-16-14(17-21-12)11-3-2-8-20-11;/h2-3,8,10,15H,4-7,9H2,1H3;1H/t10-;/m0./s1. The van der Waals surface area contributed by atoms with Gasteiger partial charge in [-0.05, 0) is 19.1 Å². The lowest BCUT2D eigenvalue weighted by atomic mass is 10.2. The van der Waals surface area contributed by atoms with Gasteiger partial charge in [-0.15, -0.1) is 12.4 Å². The summed E-state index contributed by atoms with van der Waals surface area (Å²) in [6, 6.07) is 3.76. The fourth-order valence-electron chi connectivity index (χ4n) is 2.43. The molecule has 22 heavy (non-hydrogen) atoms. The second kappa shape index (κ2) is 7.42. The second-order valence-electron chi connectivity index (χ2n) is 5.13. The number of piperazine rings is 1. The minimum absolute atomic E-state index is 0. The first-order valence-corrected chi connectivity index (χ1v) is 7.10. The van der Waals surface area contributed by atoms with Crippen molar-refractivity contribution in [1.82, 2.24) is 20.4 Å². The van der Waals surface area contributed by atoms with E-state index in [0.29, 0.717) is 30.3 Å². The number of aromatic nitrogens is 2. The van der Waals surface area contributed by atoms with Crippen LogP contribution in [0.2, 0.25) is 0 Å². The first kappa shape index (κ1) is 16.5. The van der Waals surface area contributed by atoms with E-state index in [1.165, 1.54) is 0 Å². The largest absolute Gasteiger partial charge is 0.461 e. The maximum absolute atomic E-state index is 12.2. The molecule has 1 saturated heterocycles. The predicted octanol–water partition coefficient (Wildman–Crippen LogP) is 1.50. The van der Waals surface area contributed by atoms with Gasteiger partial charge in [0.05, 0.1) is 6.26 Å². The molecule has 1 amide bonds. The first-order valence-electron chi connectivity index (χ1n) is 7.10. The van der Waals surface area contributed by atoms with Crippen LogP contribution in [0.4, 0.5) is 0 Å². The number of nitrogens with zero attached hydrogens (tertiary/aromatic N) is 3.